The summed E-state index contributed by atoms with van der Waals surface area (Å²) in [6.45, 7) is -0.374. The Balaban J connectivity index is 1.31. The molecule has 0 bridgehead atoms. The van der Waals surface area contributed by atoms with Crippen molar-refractivity contribution in [1.82, 2.24) is 4.98 Å². The van der Waals surface area contributed by atoms with E-state index in [0.29, 0.717) is 17.0 Å². The van der Waals surface area contributed by atoms with Crippen LogP contribution < -0.4 is 10.1 Å². The van der Waals surface area contributed by atoms with Gasteiger partial charge in [-0.25, -0.2) is 4.79 Å². The number of carbonyl (C=O) groups excluding carboxylic acids is 2. The van der Waals surface area contributed by atoms with Crippen LogP contribution >= 0.6 is 0 Å². The van der Waals surface area contributed by atoms with Gasteiger partial charge in [-0.15, -0.1) is 0 Å². The molecule has 6 nitrogen and oxygen atoms in total. The molecule has 0 saturated heterocycles. The van der Waals surface area contributed by atoms with Gasteiger partial charge in [0.25, 0.3) is 5.91 Å². The molecule has 0 fully saturated rings. The largest absolute Gasteiger partial charge is 0.457 e. The van der Waals surface area contributed by atoms with E-state index >= 15 is 0 Å². The molecule has 0 spiro atoms. The van der Waals surface area contributed by atoms with Gasteiger partial charge in [-0.3, -0.25) is 4.79 Å². The van der Waals surface area contributed by atoms with Gasteiger partial charge in [0.05, 0.1) is 5.56 Å². The summed E-state index contributed by atoms with van der Waals surface area (Å²) in [5, 5.41) is 3.45. The number of aromatic nitrogens is 1. The van der Waals surface area contributed by atoms with Crippen LogP contribution in [0.3, 0.4) is 0 Å². The van der Waals surface area contributed by atoms with E-state index in [2.05, 4.69) is 10.3 Å². The Hall–Kier alpha value is -4.06. The van der Waals surface area contributed by atoms with Crippen LogP contribution in [0.25, 0.3) is 10.9 Å². The average Bonchev–Trinajstić information content (AvgIpc) is 3.18. The summed E-state index contributed by atoms with van der Waals surface area (Å²) in [7, 11) is 0. The number of esters is 1. The number of nitrogens with one attached hydrogen (secondary N) is 2. The van der Waals surface area contributed by atoms with Crippen molar-refractivity contribution in [3.63, 3.8) is 0 Å². The maximum atomic E-state index is 12.3. The van der Waals surface area contributed by atoms with Gasteiger partial charge >= 0.3 is 5.97 Å². The number of fused-ring (bicyclic) bond motifs is 1. The van der Waals surface area contributed by atoms with E-state index in [9.17, 15) is 9.59 Å². The fourth-order valence-electron chi connectivity index (χ4n) is 2.88. The highest BCUT2D eigenvalue weighted by atomic mass is 16.5. The molecule has 2 N–H and O–H groups in total. The van der Waals surface area contributed by atoms with Crippen LogP contribution in [0.2, 0.25) is 0 Å². The Bertz CT molecular complexity index is 1130. The monoisotopic (exact) mass is 386 g/mol. The molecule has 0 aliphatic rings. The van der Waals surface area contributed by atoms with Crippen LogP contribution in [0.4, 0.5) is 5.69 Å². The number of amides is 1. The minimum Gasteiger partial charge on any atom is -0.457 e. The van der Waals surface area contributed by atoms with Crippen LogP contribution in [0, 0.1) is 0 Å². The van der Waals surface area contributed by atoms with E-state index in [1.807, 2.05) is 54.6 Å². The number of anilines is 1. The van der Waals surface area contributed by atoms with Gasteiger partial charge in [0.15, 0.2) is 6.61 Å². The summed E-state index contributed by atoms with van der Waals surface area (Å²) in [4.78, 5) is 27.4. The van der Waals surface area contributed by atoms with Gasteiger partial charge in [0.1, 0.15) is 11.5 Å². The normalized spacial score (nSPS) is 10.5. The van der Waals surface area contributed by atoms with Gasteiger partial charge in [0, 0.05) is 22.8 Å². The standard InChI is InChI=1S/C23H18N2O4/c26-22(15-28-23(27)20-14-24-21-9-5-4-8-19(20)21)25-16-10-12-18(13-11-16)29-17-6-2-1-3-7-17/h1-14,24H,15H2,(H,25,26). The van der Waals surface area contributed by atoms with Gasteiger partial charge in [0.2, 0.25) is 0 Å². The Morgan fingerprint density at radius 2 is 1.52 bits per heavy atom. The van der Waals surface area contributed by atoms with Crippen molar-refractivity contribution in [3.8, 4) is 11.5 Å². The van der Waals surface area contributed by atoms with E-state index in [1.165, 1.54) is 0 Å². The number of hydrogen-bond donors (Lipinski definition) is 2. The Morgan fingerprint density at radius 3 is 2.31 bits per heavy atom. The third kappa shape index (κ3) is 4.44. The lowest BCUT2D eigenvalue weighted by molar-refractivity contribution is -0.119. The summed E-state index contributed by atoms with van der Waals surface area (Å²) in [5.41, 5.74) is 1.82. The van der Waals surface area contributed by atoms with Crippen molar-refractivity contribution in [2.24, 2.45) is 0 Å². The molecule has 0 unspecified atom stereocenters. The van der Waals surface area contributed by atoms with Crippen molar-refractivity contribution in [2.75, 3.05) is 11.9 Å². The van der Waals surface area contributed by atoms with E-state index < -0.39 is 11.9 Å². The van der Waals surface area contributed by atoms with Crippen LogP contribution in [0.15, 0.2) is 85.1 Å². The Kier molecular flexibility index (Phi) is 5.25. The molecule has 0 aliphatic carbocycles. The summed E-state index contributed by atoms with van der Waals surface area (Å²) in [6, 6.07) is 23.7. The summed E-state index contributed by atoms with van der Waals surface area (Å²) in [6.07, 6.45) is 1.58. The number of ether oxygens (including phenoxy) is 2. The maximum Gasteiger partial charge on any atom is 0.340 e. The van der Waals surface area contributed by atoms with Crippen molar-refractivity contribution in [3.05, 3.63) is 90.6 Å². The second kappa shape index (κ2) is 8.31. The summed E-state index contributed by atoms with van der Waals surface area (Å²) >= 11 is 0. The smallest absolute Gasteiger partial charge is 0.340 e. The van der Waals surface area contributed by atoms with Crippen LogP contribution in [0.5, 0.6) is 11.5 Å². The van der Waals surface area contributed by atoms with Gasteiger partial charge in [-0.05, 0) is 42.5 Å². The molecule has 1 aromatic heterocycles. The quantitative estimate of drug-likeness (QED) is 0.469. The van der Waals surface area contributed by atoms with Crippen molar-refractivity contribution in [2.45, 2.75) is 0 Å². The number of aromatic amines is 1. The second-order valence-corrected chi connectivity index (χ2v) is 6.31. The van der Waals surface area contributed by atoms with E-state index in [4.69, 9.17) is 9.47 Å². The first-order valence-electron chi connectivity index (χ1n) is 9.05. The molecular weight excluding hydrogens is 368 g/mol. The molecule has 0 atom stereocenters. The highest BCUT2D eigenvalue weighted by Crippen LogP contribution is 2.22. The predicted molar refractivity (Wildman–Crippen MR) is 110 cm³/mol. The van der Waals surface area contributed by atoms with Crippen molar-refractivity contribution in [1.29, 1.82) is 0 Å². The zero-order valence-electron chi connectivity index (χ0n) is 15.4. The van der Waals surface area contributed by atoms with Crippen LogP contribution in [0.1, 0.15) is 10.4 Å². The van der Waals surface area contributed by atoms with Crippen molar-refractivity contribution >= 4 is 28.5 Å². The first-order valence-corrected chi connectivity index (χ1v) is 9.05. The summed E-state index contributed by atoms with van der Waals surface area (Å²) < 4.78 is 10.8. The third-order valence-electron chi connectivity index (χ3n) is 4.26. The molecule has 4 rings (SSSR count). The zero-order valence-corrected chi connectivity index (χ0v) is 15.4. The van der Waals surface area contributed by atoms with Crippen LogP contribution in [-0.2, 0) is 9.53 Å². The highest BCUT2D eigenvalue weighted by molar-refractivity contribution is 6.05. The molecule has 4 aromatic rings. The van der Waals surface area contributed by atoms with Gasteiger partial charge in [-0.2, -0.15) is 0 Å². The zero-order chi connectivity index (χ0) is 20.1. The fraction of sp³-hybridized carbons (Fsp3) is 0.0435. The Morgan fingerprint density at radius 1 is 0.828 bits per heavy atom. The minimum absolute atomic E-state index is 0.374. The SMILES string of the molecule is O=C(COC(=O)c1c[nH]c2ccccc12)Nc1ccc(Oc2ccccc2)cc1. The lowest BCUT2D eigenvalue weighted by Gasteiger charge is -2.08. The minimum atomic E-state index is -0.552. The maximum absolute atomic E-state index is 12.3. The Labute approximate surface area is 167 Å². The predicted octanol–water partition coefficient (Wildman–Crippen LogP) is 4.76. The topological polar surface area (TPSA) is 80.4 Å². The molecule has 1 heterocycles. The molecule has 1 amide bonds. The van der Waals surface area contributed by atoms with Gasteiger partial charge in [-0.1, -0.05) is 36.4 Å². The first kappa shape index (κ1) is 18.3. The van der Waals surface area contributed by atoms with E-state index in [0.717, 1.165) is 16.7 Å². The molecule has 0 radical (unpaired) electrons. The number of H-pyrrole nitrogens is 1. The molecule has 3 aromatic carbocycles. The fourth-order valence-corrected chi connectivity index (χ4v) is 2.88. The third-order valence-corrected chi connectivity index (χ3v) is 4.26. The van der Waals surface area contributed by atoms with Crippen molar-refractivity contribution < 1.29 is 19.1 Å². The highest BCUT2D eigenvalue weighted by Gasteiger charge is 2.14. The molecule has 144 valence electrons. The van der Waals surface area contributed by atoms with E-state index in [1.54, 1.807) is 30.5 Å². The average molecular weight is 386 g/mol. The van der Waals surface area contributed by atoms with Crippen LogP contribution in [-0.4, -0.2) is 23.5 Å². The lowest BCUT2D eigenvalue weighted by Crippen LogP contribution is -2.20. The first-order chi connectivity index (χ1) is 14.2. The lowest BCUT2D eigenvalue weighted by atomic mass is 10.2. The van der Waals surface area contributed by atoms with E-state index in [-0.39, 0.29) is 6.61 Å². The number of rotatable bonds is 6. The molecular formula is C23H18N2O4. The summed E-state index contributed by atoms with van der Waals surface area (Å²) in [5.74, 6) is 0.410. The molecule has 0 aliphatic heterocycles. The van der Waals surface area contributed by atoms with Gasteiger partial charge < -0.3 is 19.8 Å². The second-order valence-electron chi connectivity index (χ2n) is 6.31. The molecule has 0 saturated carbocycles. The molecule has 29 heavy (non-hydrogen) atoms. The molecule has 6 heteroatoms. The number of benzene rings is 3. The number of carbonyl (C=O) groups is 2. The number of hydrogen-bond acceptors (Lipinski definition) is 4. The number of para-hydroxylation sites is 2.